The van der Waals surface area contributed by atoms with Crippen LogP contribution in [0.3, 0.4) is 0 Å². The largest absolute Gasteiger partial charge is 0.463 e. The normalized spacial score (nSPS) is 12.7. The number of carbonyl (C=O) groups excluding carboxylic acids is 1. The molecule has 0 aromatic heterocycles. The molecule has 0 heterocycles. The Labute approximate surface area is 136 Å². The number of aryl methyl sites for hydroxylation is 1. The van der Waals surface area contributed by atoms with Gasteiger partial charge in [0.2, 0.25) is 5.54 Å². The molecule has 0 amide bonds. The van der Waals surface area contributed by atoms with Gasteiger partial charge in [0, 0.05) is 5.69 Å². The lowest BCUT2D eigenvalue weighted by molar-refractivity contribution is -0.146. The molecule has 0 aliphatic carbocycles. The number of esters is 1. The first kappa shape index (κ1) is 16.6. The van der Waals surface area contributed by atoms with Crippen LogP contribution in [0.2, 0.25) is 0 Å². The van der Waals surface area contributed by atoms with Crippen LogP contribution in [0, 0.1) is 11.3 Å². The molecule has 4 heteroatoms. The van der Waals surface area contributed by atoms with Gasteiger partial charge in [-0.1, -0.05) is 48.5 Å². The molecule has 2 rings (SSSR count). The summed E-state index contributed by atoms with van der Waals surface area (Å²) in [6.07, 6.45) is 0.939. The molecule has 0 bridgehead atoms. The number of benzene rings is 2. The molecular formula is C19H20N2O2. The number of nitriles is 1. The summed E-state index contributed by atoms with van der Waals surface area (Å²) in [6.45, 7) is 1.98. The zero-order valence-corrected chi connectivity index (χ0v) is 13.2. The van der Waals surface area contributed by atoms with Crippen molar-refractivity contribution < 1.29 is 9.53 Å². The smallest absolute Gasteiger partial charge is 0.346 e. The van der Waals surface area contributed by atoms with Crippen molar-refractivity contribution in [3.8, 4) is 6.07 Å². The van der Waals surface area contributed by atoms with E-state index in [1.165, 1.54) is 0 Å². The van der Waals surface area contributed by atoms with Crippen molar-refractivity contribution in [2.45, 2.75) is 25.3 Å². The molecule has 0 aliphatic heterocycles. The standard InChI is InChI=1S/C19H20N2O2/c1-2-23-18(22)19(15-20,21-17-11-7-4-8-12-17)14-13-16-9-5-3-6-10-16/h3-12,21H,2,13-14H2,1H3/t19-/m1/s1. The molecule has 2 aromatic rings. The summed E-state index contributed by atoms with van der Waals surface area (Å²) in [7, 11) is 0. The van der Waals surface area contributed by atoms with Crippen molar-refractivity contribution in [3.63, 3.8) is 0 Å². The highest BCUT2D eigenvalue weighted by atomic mass is 16.5. The van der Waals surface area contributed by atoms with Crippen LogP contribution in [0.4, 0.5) is 5.69 Å². The first-order valence-corrected chi connectivity index (χ1v) is 7.66. The molecule has 0 saturated carbocycles. The molecule has 0 saturated heterocycles. The SMILES string of the molecule is CCOC(=O)[C@](C#N)(CCc1ccccc1)Nc1ccccc1. The number of nitrogens with one attached hydrogen (secondary N) is 1. The van der Waals surface area contributed by atoms with Crippen LogP contribution in [0.5, 0.6) is 0 Å². The van der Waals surface area contributed by atoms with E-state index in [2.05, 4.69) is 11.4 Å². The van der Waals surface area contributed by atoms with E-state index in [1.807, 2.05) is 60.7 Å². The monoisotopic (exact) mass is 308 g/mol. The lowest BCUT2D eigenvalue weighted by atomic mass is 9.92. The van der Waals surface area contributed by atoms with Crippen LogP contribution in [-0.2, 0) is 16.0 Å². The number of hydrogen-bond acceptors (Lipinski definition) is 4. The molecule has 23 heavy (non-hydrogen) atoms. The Bertz CT molecular complexity index is 665. The van der Waals surface area contributed by atoms with Gasteiger partial charge in [0.15, 0.2) is 0 Å². The molecule has 1 atom stereocenters. The average Bonchev–Trinajstić information content (AvgIpc) is 2.60. The van der Waals surface area contributed by atoms with Crippen molar-refractivity contribution in [3.05, 3.63) is 66.2 Å². The third-order valence-corrected chi connectivity index (χ3v) is 3.58. The summed E-state index contributed by atoms with van der Waals surface area (Å²) in [5.41, 5.74) is 0.397. The second kappa shape index (κ2) is 8.00. The number of para-hydroxylation sites is 1. The summed E-state index contributed by atoms with van der Waals surface area (Å²) < 4.78 is 5.13. The molecule has 0 unspecified atom stereocenters. The molecular weight excluding hydrogens is 288 g/mol. The lowest BCUT2D eigenvalue weighted by Crippen LogP contribution is -2.46. The summed E-state index contributed by atoms with van der Waals surface area (Å²) in [4.78, 5) is 12.4. The zero-order valence-electron chi connectivity index (χ0n) is 13.2. The van der Waals surface area contributed by atoms with Gasteiger partial charge in [-0.15, -0.1) is 0 Å². The summed E-state index contributed by atoms with van der Waals surface area (Å²) in [6, 6.07) is 21.2. The number of rotatable bonds is 7. The quantitative estimate of drug-likeness (QED) is 0.794. The van der Waals surface area contributed by atoms with Gasteiger partial charge in [0.25, 0.3) is 0 Å². The predicted molar refractivity (Wildman–Crippen MR) is 89.8 cm³/mol. The maximum atomic E-state index is 12.4. The fourth-order valence-electron chi connectivity index (χ4n) is 2.34. The number of ether oxygens (including phenoxy) is 1. The van der Waals surface area contributed by atoms with Crippen LogP contribution in [0.15, 0.2) is 60.7 Å². The summed E-state index contributed by atoms with van der Waals surface area (Å²) in [5, 5.41) is 12.8. The molecule has 0 radical (unpaired) electrons. The average molecular weight is 308 g/mol. The van der Waals surface area contributed by atoms with E-state index in [9.17, 15) is 10.1 Å². The van der Waals surface area contributed by atoms with E-state index >= 15 is 0 Å². The van der Waals surface area contributed by atoms with E-state index < -0.39 is 11.5 Å². The van der Waals surface area contributed by atoms with Gasteiger partial charge >= 0.3 is 5.97 Å². The first-order chi connectivity index (χ1) is 11.2. The molecule has 0 spiro atoms. The first-order valence-electron chi connectivity index (χ1n) is 7.66. The molecule has 0 fully saturated rings. The minimum absolute atomic E-state index is 0.240. The number of nitrogens with zero attached hydrogens (tertiary/aromatic N) is 1. The van der Waals surface area contributed by atoms with Gasteiger partial charge in [-0.05, 0) is 37.5 Å². The minimum atomic E-state index is -1.40. The van der Waals surface area contributed by atoms with E-state index in [4.69, 9.17) is 4.74 Å². The van der Waals surface area contributed by atoms with Gasteiger partial charge in [-0.25, -0.2) is 4.79 Å². The summed E-state index contributed by atoms with van der Waals surface area (Å²) in [5.74, 6) is -0.540. The Morgan fingerprint density at radius 3 is 2.30 bits per heavy atom. The van der Waals surface area contributed by atoms with Crippen LogP contribution in [0.25, 0.3) is 0 Å². The highest BCUT2D eigenvalue weighted by Gasteiger charge is 2.40. The van der Waals surface area contributed by atoms with Crippen LogP contribution < -0.4 is 5.32 Å². The molecule has 2 aromatic carbocycles. The Balaban J connectivity index is 2.22. The van der Waals surface area contributed by atoms with Crippen molar-refractivity contribution in [2.75, 3.05) is 11.9 Å². The van der Waals surface area contributed by atoms with E-state index in [0.717, 1.165) is 11.3 Å². The highest BCUT2D eigenvalue weighted by Crippen LogP contribution is 2.22. The Morgan fingerprint density at radius 1 is 1.13 bits per heavy atom. The number of anilines is 1. The van der Waals surface area contributed by atoms with Crippen LogP contribution in [0.1, 0.15) is 18.9 Å². The molecule has 118 valence electrons. The number of carbonyl (C=O) groups is 1. The highest BCUT2D eigenvalue weighted by molar-refractivity contribution is 5.88. The number of hydrogen-bond donors (Lipinski definition) is 1. The maximum absolute atomic E-state index is 12.4. The van der Waals surface area contributed by atoms with Gasteiger partial charge < -0.3 is 10.1 Å². The van der Waals surface area contributed by atoms with Crippen molar-refractivity contribution in [1.82, 2.24) is 0 Å². The third-order valence-electron chi connectivity index (χ3n) is 3.58. The lowest BCUT2D eigenvalue weighted by Gasteiger charge is -2.26. The topological polar surface area (TPSA) is 62.1 Å². The van der Waals surface area contributed by atoms with Crippen molar-refractivity contribution in [1.29, 1.82) is 5.26 Å². The summed E-state index contributed by atoms with van der Waals surface area (Å²) >= 11 is 0. The fourth-order valence-corrected chi connectivity index (χ4v) is 2.34. The maximum Gasteiger partial charge on any atom is 0.346 e. The molecule has 0 aliphatic rings. The Hall–Kier alpha value is -2.80. The van der Waals surface area contributed by atoms with Gasteiger partial charge in [-0.2, -0.15) is 5.26 Å². The fraction of sp³-hybridized carbons (Fsp3) is 0.263. The van der Waals surface area contributed by atoms with E-state index in [-0.39, 0.29) is 6.61 Å². The van der Waals surface area contributed by atoms with Crippen molar-refractivity contribution in [2.24, 2.45) is 0 Å². The Morgan fingerprint density at radius 2 is 1.74 bits per heavy atom. The Kier molecular flexibility index (Phi) is 5.76. The van der Waals surface area contributed by atoms with Gasteiger partial charge in [-0.3, -0.25) is 0 Å². The zero-order chi connectivity index (χ0) is 16.5. The van der Waals surface area contributed by atoms with E-state index in [0.29, 0.717) is 12.8 Å². The van der Waals surface area contributed by atoms with E-state index in [1.54, 1.807) is 6.92 Å². The van der Waals surface area contributed by atoms with Gasteiger partial charge in [0.05, 0.1) is 6.61 Å². The van der Waals surface area contributed by atoms with Gasteiger partial charge in [0.1, 0.15) is 6.07 Å². The van der Waals surface area contributed by atoms with Crippen LogP contribution in [-0.4, -0.2) is 18.1 Å². The van der Waals surface area contributed by atoms with Crippen LogP contribution >= 0.6 is 0 Å². The second-order valence-corrected chi connectivity index (χ2v) is 5.21. The third kappa shape index (κ3) is 4.33. The minimum Gasteiger partial charge on any atom is -0.463 e. The molecule has 4 nitrogen and oxygen atoms in total. The van der Waals surface area contributed by atoms with Crippen molar-refractivity contribution >= 4 is 11.7 Å². The second-order valence-electron chi connectivity index (χ2n) is 5.21. The predicted octanol–water partition coefficient (Wildman–Crippen LogP) is 3.56. The molecule has 1 N–H and O–H groups in total.